The Morgan fingerprint density at radius 3 is 2.85 bits per heavy atom. The highest BCUT2D eigenvalue weighted by Gasteiger charge is 2.21. The molecule has 0 bridgehead atoms. The van der Waals surface area contributed by atoms with E-state index in [0.717, 1.165) is 25.3 Å². The van der Waals surface area contributed by atoms with Gasteiger partial charge in [-0.1, -0.05) is 0 Å². The monoisotopic (exact) mass is 180 g/mol. The van der Waals surface area contributed by atoms with Crippen LogP contribution in [0.1, 0.15) is 12.1 Å². The van der Waals surface area contributed by atoms with Gasteiger partial charge in [-0.2, -0.15) is 5.10 Å². The minimum absolute atomic E-state index is 0.322. The van der Waals surface area contributed by atoms with Crippen LogP contribution in [0.4, 0.5) is 5.82 Å². The van der Waals surface area contributed by atoms with E-state index in [2.05, 4.69) is 23.0 Å². The normalized spacial score (nSPS) is 22.7. The molecule has 72 valence electrons. The van der Waals surface area contributed by atoms with Crippen LogP contribution in [-0.4, -0.2) is 28.9 Å². The van der Waals surface area contributed by atoms with Gasteiger partial charge in [0.2, 0.25) is 0 Å². The molecule has 1 saturated heterocycles. The largest absolute Gasteiger partial charge is 0.354 e. The van der Waals surface area contributed by atoms with Crippen LogP contribution >= 0.6 is 0 Å². The molecule has 2 N–H and O–H groups in total. The zero-order chi connectivity index (χ0) is 9.42. The molecule has 1 atom stereocenters. The van der Waals surface area contributed by atoms with E-state index in [9.17, 15) is 0 Å². The van der Waals surface area contributed by atoms with Crippen LogP contribution in [0, 0.1) is 6.92 Å². The third-order valence-electron chi connectivity index (χ3n) is 2.65. The van der Waals surface area contributed by atoms with Gasteiger partial charge in [-0.25, -0.2) is 0 Å². The van der Waals surface area contributed by atoms with Crippen molar-refractivity contribution in [2.45, 2.75) is 19.4 Å². The first-order valence-corrected chi connectivity index (χ1v) is 4.68. The molecular formula is C9H16N4. The Hall–Kier alpha value is -1.03. The third-order valence-corrected chi connectivity index (χ3v) is 2.65. The molecule has 1 fully saturated rings. The molecule has 4 nitrogen and oxygen atoms in total. The molecule has 13 heavy (non-hydrogen) atoms. The van der Waals surface area contributed by atoms with Crippen molar-refractivity contribution in [3.63, 3.8) is 0 Å². The Morgan fingerprint density at radius 2 is 2.38 bits per heavy atom. The predicted molar refractivity (Wildman–Crippen MR) is 52.8 cm³/mol. The lowest BCUT2D eigenvalue weighted by atomic mass is 10.3. The van der Waals surface area contributed by atoms with Crippen molar-refractivity contribution >= 4 is 5.82 Å². The van der Waals surface area contributed by atoms with Crippen LogP contribution in [0.2, 0.25) is 0 Å². The highest BCUT2D eigenvalue weighted by molar-refractivity contribution is 5.41. The number of hydrogen-bond acceptors (Lipinski definition) is 3. The zero-order valence-corrected chi connectivity index (χ0v) is 8.20. The van der Waals surface area contributed by atoms with E-state index >= 15 is 0 Å². The molecule has 1 unspecified atom stereocenters. The van der Waals surface area contributed by atoms with Gasteiger partial charge in [0.05, 0.1) is 0 Å². The number of hydrogen-bond donors (Lipinski definition) is 1. The fourth-order valence-electron chi connectivity index (χ4n) is 1.69. The molecule has 0 aromatic carbocycles. The summed E-state index contributed by atoms with van der Waals surface area (Å²) in [4.78, 5) is 2.25. The van der Waals surface area contributed by atoms with Crippen LogP contribution in [-0.2, 0) is 7.05 Å². The second-order valence-electron chi connectivity index (χ2n) is 3.76. The fraction of sp³-hybridized carbons (Fsp3) is 0.667. The summed E-state index contributed by atoms with van der Waals surface area (Å²) in [6, 6.07) is 2.43. The van der Waals surface area contributed by atoms with Crippen LogP contribution in [0.25, 0.3) is 0 Å². The highest BCUT2D eigenvalue weighted by atomic mass is 15.3. The number of aromatic nitrogens is 2. The van der Waals surface area contributed by atoms with Gasteiger partial charge in [0.25, 0.3) is 0 Å². The van der Waals surface area contributed by atoms with Crippen LogP contribution < -0.4 is 10.6 Å². The van der Waals surface area contributed by atoms with Gasteiger partial charge >= 0.3 is 0 Å². The summed E-state index contributed by atoms with van der Waals surface area (Å²) in [6.07, 6.45) is 1.08. The Balaban J connectivity index is 2.17. The smallest absolute Gasteiger partial charge is 0.150 e. The molecule has 0 aliphatic carbocycles. The maximum Gasteiger partial charge on any atom is 0.150 e. The first kappa shape index (κ1) is 8.56. The minimum Gasteiger partial charge on any atom is -0.354 e. The average Bonchev–Trinajstić information content (AvgIpc) is 2.61. The molecule has 0 amide bonds. The third kappa shape index (κ3) is 1.54. The molecule has 1 aromatic rings. The number of aryl methyl sites for hydroxylation is 2. The van der Waals surface area contributed by atoms with Crippen LogP contribution in [0.5, 0.6) is 0 Å². The van der Waals surface area contributed by atoms with E-state index in [1.807, 2.05) is 11.7 Å². The van der Waals surface area contributed by atoms with Crippen molar-refractivity contribution in [1.82, 2.24) is 9.78 Å². The first-order valence-electron chi connectivity index (χ1n) is 4.68. The SMILES string of the molecule is Cc1cc(N2CCC(N)C2)nn1C. The topological polar surface area (TPSA) is 47.1 Å². The number of anilines is 1. The average molecular weight is 180 g/mol. The summed E-state index contributed by atoms with van der Waals surface area (Å²) < 4.78 is 1.90. The van der Waals surface area contributed by atoms with E-state index in [0.29, 0.717) is 6.04 Å². The highest BCUT2D eigenvalue weighted by Crippen LogP contribution is 2.18. The van der Waals surface area contributed by atoms with Gasteiger partial charge in [-0.05, 0) is 13.3 Å². The molecule has 0 spiro atoms. The standard InChI is InChI=1S/C9H16N4/c1-7-5-9(11-12(7)2)13-4-3-8(10)6-13/h5,8H,3-4,6,10H2,1-2H3. The van der Waals surface area contributed by atoms with E-state index < -0.39 is 0 Å². The van der Waals surface area contributed by atoms with E-state index in [1.54, 1.807) is 0 Å². The van der Waals surface area contributed by atoms with Crippen LogP contribution in [0.3, 0.4) is 0 Å². The summed E-state index contributed by atoms with van der Waals surface area (Å²) in [7, 11) is 1.97. The molecule has 1 aliphatic heterocycles. The van der Waals surface area contributed by atoms with Crippen molar-refractivity contribution in [1.29, 1.82) is 0 Å². The van der Waals surface area contributed by atoms with Crippen molar-refractivity contribution in [2.24, 2.45) is 12.8 Å². The summed E-state index contributed by atoms with van der Waals surface area (Å²) in [6.45, 7) is 4.04. The maximum atomic E-state index is 5.83. The second-order valence-corrected chi connectivity index (χ2v) is 3.76. The molecule has 1 aliphatic rings. The van der Waals surface area contributed by atoms with Gasteiger partial charge < -0.3 is 10.6 Å². The minimum atomic E-state index is 0.322. The Kier molecular flexibility index (Phi) is 2.00. The van der Waals surface area contributed by atoms with Crippen molar-refractivity contribution in [3.8, 4) is 0 Å². The van der Waals surface area contributed by atoms with Gasteiger partial charge in [0.15, 0.2) is 5.82 Å². The van der Waals surface area contributed by atoms with E-state index in [-0.39, 0.29) is 0 Å². The number of nitrogens with zero attached hydrogens (tertiary/aromatic N) is 3. The molecule has 2 heterocycles. The van der Waals surface area contributed by atoms with Gasteiger partial charge in [-0.3, -0.25) is 4.68 Å². The lowest BCUT2D eigenvalue weighted by molar-refractivity contribution is 0.726. The number of nitrogens with two attached hydrogens (primary N) is 1. The summed E-state index contributed by atoms with van der Waals surface area (Å²) in [5, 5.41) is 4.41. The quantitative estimate of drug-likeness (QED) is 0.674. The summed E-state index contributed by atoms with van der Waals surface area (Å²) in [5.74, 6) is 1.06. The Bertz CT molecular complexity index is 285. The van der Waals surface area contributed by atoms with Gasteiger partial charge in [0.1, 0.15) is 0 Å². The first-order chi connectivity index (χ1) is 6.16. The molecule has 4 heteroatoms. The molecule has 1 aromatic heterocycles. The predicted octanol–water partition coefficient (Wildman–Crippen LogP) is 0.266. The van der Waals surface area contributed by atoms with E-state index in [4.69, 9.17) is 5.73 Å². The van der Waals surface area contributed by atoms with Gasteiger partial charge in [-0.15, -0.1) is 0 Å². The van der Waals surface area contributed by atoms with Gasteiger partial charge in [0, 0.05) is 37.9 Å². The molecule has 0 saturated carbocycles. The molecule has 2 rings (SSSR count). The fourth-order valence-corrected chi connectivity index (χ4v) is 1.69. The van der Waals surface area contributed by atoms with Crippen molar-refractivity contribution < 1.29 is 0 Å². The zero-order valence-electron chi connectivity index (χ0n) is 8.20. The summed E-state index contributed by atoms with van der Waals surface area (Å²) >= 11 is 0. The summed E-state index contributed by atoms with van der Waals surface area (Å²) in [5.41, 5.74) is 7.02. The number of rotatable bonds is 1. The second kappa shape index (κ2) is 3.03. The Labute approximate surface area is 78.3 Å². The molecule has 0 radical (unpaired) electrons. The van der Waals surface area contributed by atoms with Crippen molar-refractivity contribution in [3.05, 3.63) is 11.8 Å². The lowest BCUT2D eigenvalue weighted by Gasteiger charge is -2.13. The van der Waals surface area contributed by atoms with Crippen molar-refractivity contribution in [2.75, 3.05) is 18.0 Å². The lowest BCUT2D eigenvalue weighted by Crippen LogP contribution is -2.26. The molecular weight excluding hydrogens is 164 g/mol. The van der Waals surface area contributed by atoms with Crippen LogP contribution in [0.15, 0.2) is 6.07 Å². The van der Waals surface area contributed by atoms with E-state index in [1.165, 1.54) is 5.69 Å². The Morgan fingerprint density at radius 1 is 1.62 bits per heavy atom. The maximum absolute atomic E-state index is 5.83.